The monoisotopic (exact) mass is 1470 g/mol. The van der Waals surface area contributed by atoms with Gasteiger partial charge >= 0.3 is 0 Å². The van der Waals surface area contributed by atoms with Crippen LogP contribution in [0.4, 0.5) is 0 Å². The Labute approximate surface area is 668 Å². The van der Waals surface area contributed by atoms with Gasteiger partial charge in [0.2, 0.25) is 0 Å². The molecular weight excluding hydrogens is 1260 g/mol. The average Bonchev–Trinajstić information content (AvgIpc) is 1.72. The molecule has 626 valence electrons. The van der Waals surface area contributed by atoms with Crippen LogP contribution in [0.25, 0.3) is 0 Å². The minimum absolute atomic E-state index is 1.01. The molecule has 0 aliphatic heterocycles. The van der Waals surface area contributed by atoms with Crippen molar-refractivity contribution in [3.05, 3.63) is 0 Å². The molecule has 0 heteroatoms. The summed E-state index contributed by atoms with van der Waals surface area (Å²) in [5, 5.41) is 0. The summed E-state index contributed by atoms with van der Waals surface area (Å²) in [4.78, 5) is 0. The molecule has 2 atom stereocenters. The van der Waals surface area contributed by atoms with Gasteiger partial charge in [0.1, 0.15) is 0 Å². The Morgan fingerprint density at radius 3 is 0.352 bits per heavy atom. The van der Waals surface area contributed by atoms with Crippen molar-refractivity contribution < 1.29 is 0 Å². The summed E-state index contributed by atoms with van der Waals surface area (Å²) in [5.41, 5.74) is 0. The summed E-state index contributed by atoms with van der Waals surface area (Å²) in [7, 11) is 0. The Bertz CT molecular complexity index is 1510. The van der Waals surface area contributed by atoms with E-state index in [1.54, 1.807) is 148 Å². The zero-order chi connectivity index (χ0) is 76.0. The van der Waals surface area contributed by atoms with Crippen molar-refractivity contribution in [1.82, 2.24) is 0 Å². The SMILES string of the molecule is CC.CC.CC.CC.CC1CCCC(C2CCCCCC(C3CC3)C2)CCC1.CC1CCCC(C2CCCCCCC2)CCC1.CC1CCCC(C2CCCCCCC2)CCC1.CC1CCCC(C2CCCCCCC2)CCC1.CC1CCCC(C2CCCCCCC2)CCC1.CC1CCCCCCC1. The first-order chi connectivity index (χ1) is 51.7. The molecular formula is C105H206. The van der Waals surface area contributed by atoms with Crippen LogP contribution in [0, 0.1) is 107 Å². The predicted molar refractivity (Wildman–Crippen MR) is 479 cm³/mol. The van der Waals surface area contributed by atoms with Crippen LogP contribution < -0.4 is 0 Å². The van der Waals surface area contributed by atoms with E-state index in [4.69, 9.17) is 0 Å². The Balaban J connectivity index is 0.000000324. The third kappa shape index (κ3) is 48.7. The molecule has 105 heavy (non-hydrogen) atoms. The van der Waals surface area contributed by atoms with E-state index in [1.165, 1.54) is 321 Å². The summed E-state index contributed by atoms with van der Waals surface area (Å²) >= 11 is 0. The molecule has 0 aromatic rings. The van der Waals surface area contributed by atoms with E-state index in [2.05, 4.69) is 41.5 Å². The van der Waals surface area contributed by atoms with Crippen LogP contribution in [0.1, 0.15) is 566 Å². The van der Waals surface area contributed by atoms with E-state index in [1.807, 2.05) is 55.4 Å². The van der Waals surface area contributed by atoms with E-state index in [9.17, 15) is 0 Å². The molecule has 0 saturated heterocycles. The van der Waals surface area contributed by atoms with Crippen LogP contribution in [0.2, 0.25) is 0 Å². The lowest BCUT2D eigenvalue weighted by Crippen LogP contribution is -2.22. The van der Waals surface area contributed by atoms with Gasteiger partial charge in [-0.3, -0.25) is 0 Å². The quantitative estimate of drug-likeness (QED) is 0.249. The second-order valence-corrected chi connectivity index (χ2v) is 39.2. The van der Waals surface area contributed by atoms with Crippen LogP contribution in [0.5, 0.6) is 0 Å². The van der Waals surface area contributed by atoms with Gasteiger partial charge in [-0.2, -0.15) is 0 Å². The Hall–Kier alpha value is 0. The average molecular weight is 1470 g/mol. The summed E-state index contributed by atoms with van der Waals surface area (Å²) in [6.45, 7) is 30.7. The third-order valence-electron chi connectivity index (χ3n) is 30.6. The minimum atomic E-state index is 1.01. The number of hydrogen-bond acceptors (Lipinski definition) is 0. The molecule has 0 heterocycles. The predicted octanol–water partition coefficient (Wildman–Crippen LogP) is 37.9. The van der Waals surface area contributed by atoms with Gasteiger partial charge in [-0.1, -0.05) is 546 Å². The molecule has 0 aromatic heterocycles. The molecule has 12 rings (SSSR count). The summed E-state index contributed by atoms with van der Waals surface area (Å²) < 4.78 is 0. The topological polar surface area (TPSA) is 0 Å². The molecule has 0 aromatic carbocycles. The van der Waals surface area contributed by atoms with Gasteiger partial charge in [0.15, 0.2) is 0 Å². The molecule has 12 aliphatic rings. The molecule has 12 aliphatic carbocycles. The molecule has 2 unspecified atom stereocenters. The Morgan fingerprint density at radius 2 is 0.190 bits per heavy atom. The second kappa shape index (κ2) is 68.4. The highest BCUT2D eigenvalue weighted by Crippen LogP contribution is 2.48. The van der Waals surface area contributed by atoms with E-state index >= 15 is 0 Å². The molecule has 0 spiro atoms. The minimum Gasteiger partial charge on any atom is -0.0683 e. The molecule has 0 N–H and O–H groups in total. The maximum atomic E-state index is 2.47. The molecule has 0 amide bonds. The smallest absolute Gasteiger partial charge is 0.0383 e. The highest BCUT2D eigenvalue weighted by atomic mass is 14.4. The summed E-state index contributed by atoms with van der Waals surface area (Å²) in [5.74, 6) is 19.3. The Kier molecular flexibility index (Phi) is 64.6. The van der Waals surface area contributed by atoms with Crippen molar-refractivity contribution in [3.63, 3.8) is 0 Å². The first kappa shape index (κ1) is 99.2. The van der Waals surface area contributed by atoms with Crippen molar-refractivity contribution >= 4 is 0 Å². The van der Waals surface area contributed by atoms with E-state index in [0.29, 0.717) is 0 Å². The molecule has 12 saturated carbocycles. The fourth-order valence-electron chi connectivity index (χ4n) is 23.6. The van der Waals surface area contributed by atoms with Crippen LogP contribution >= 0.6 is 0 Å². The standard InChI is InChI=1S/C20H36.4C17H32.C9H18.4C2H6/c1-16-7-5-11-17(12-6-8-16)19-9-3-2-4-10-20(15-19)18-13-14-18;4*1-15-9-7-13-17(14-8-10-15)16-11-5-3-2-4-6-12-16;1-9-7-5-3-2-4-6-8-9;4*1-2/h16-20H,2-15H2,1H3;4*15-17H,2-14H2,1H3;9H,2-8H2,1H3;4*1-2H3. The van der Waals surface area contributed by atoms with Crippen molar-refractivity contribution in [1.29, 1.82) is 0 Å². The van der Waals surface area contributed by atoms with Gasteiger partial charge in [0, 0.05) is 0 Å². The van der Waals surface area contributed by atoms with Crippen molar-refractivity contribution in [2.45, 2.75) is 566 Å². The van der Waals surface area contributed by atoms with Crippen LogP contribution in [-0.2, 0) is 0 Å². The second-order valence-electron chi connectivity index (χ2n) is 39.2. The Morgan fingerprint density at radius 1 is 0.0952 bits per heavy atom. The van der Waals surface area contributed by atoms with Gasteiger partial charge < -0.3 is 0 Å². The van der Waals surface area contributed by atoms with Crippen molar-refractivity contribution in [2.24, 2.45) is 107 Å². The third-order valence-corrected chi connectivity index (χ3v) is 30.6. The van der Waals surface area contributed by atoms with Gasteiger partial charge in [0.05, 0.1) is 0 Å². The molecule has 0 bridgehead atoms. The van der Waals surface area contributed by atoms with Crippen LogP contribution in [-0.4, -0.2) is 0 Å². The van der Waals surface area contributed by atoms with Gasteiger partial charge in [0.25, 0.3) is 0 Å². The highest BCUT2D eigenvalue weighted by molar-refractivity contribution is 4.87. The van der Waals surface area contributed by atoms with Crippen molar-refractivity contribution in [2.75, 3.05) is 0 Å². The maximum absolute atomic E-state index is 2.47. The van der Waals surface area contributed by atoms with E-state index in [0.717, 1.165) is 107 Å². The van der Waals surface area contributed by atoms with E-state index < -0.39 is 0 Å². The zero-order valence-corrected chi connectivity index (χ0v) is 76.0. The highest BCUT2D eigenvalue weighted by Gasteiger charge is 2.36. The first-order valence-electron chi connectivity index (χ1n) is 51.7. The van der Waals surface area contributed by atoms with Crippen LogP contribution in [0.3, 0.4) is 0 Å². The molecule has 12 fully saturated rings. The van der Waals surface area contributed by atoms with Crippen molar-refractivity contribution in [3.8, 4) is 0 Å². The first-order valence-corrected chi connectivity index (χ1v) is 51.7. The van der Waals surface area contributed by atoms with Crippen LogP contribution in [0.15, 0.2) is 0 Å². The largest absolute Gasteiger partial charge is 0.0683 e. The number of hydrogen-bond donors (Lipinski definition) is 0. The molecule has 0 radical (unpaired) electrons. The normalized spacial score (nSPS) is 32.5. The summed E-state index contributed by atoms with van der Waals surface area (Å²) in [6.07, 6.45) is 111. The number of rotatable bonds is 6. The fraction of sp³-hybridized carbons (Fsp3) is 1.00. The lowest BCUT2D eigenvalue weighted by molar-refractivity contribution is 0.173. The lowest BCUT2D eigenvalue weighted by Gasteiger charge is -2.34. The fourth-order valence-corrected chi connectivity index (χ4v) is 23.6. The summed E-state index contributed by atoms with van der Waals surface area (Å²) in [6, 6.07) is 0. The zero-order valence-electron chi connectivity index (χ0n) is 76.0. The van der Waals surface area contributed by atoms with Gasteiger partial charge in [-0.15, -0.1) is 0 Å². The van der Waals surface area contributed by atoms with E-state index in [-0.39, 0.29) is 0 Å². The van der Waals surface area contributed by atoms with Gasteiger partial charge in [-0.05, 0) is 126 Å². The molecule has 0 nitrogen and oxygen atoms in total. The maximum Gasteiger partial charge on any atom is -0.0383 e. The lowest BCUT2D eigenvalue weighted by atomic mass is 9.72. The van der Waals surface area contributed by atoms with Gasteiger partial charge in [-0.25, -0.2) is 0 Å².